The summed E-state index contributed by atoms with van der Waals surface area (Å²) < 4.78 is 0. The van der Waals surface area contributed by atoms with Gasteiger partial charge in [-0.1, -0.05) is 89.8 Å². The Balaban J connectivity index is 1.34. The number of hydrogen-bond acceptors (Lipinski definition) is 4. The number of nitrogens with zero attached hydrogens (tertiary/aromatic N) is 2. The van der Waals surface area contributed by atoms with Gasteiger partial charge in [-0.15, -0.1) is 22.7 Å². The van der Waals surface area contributed by atoms with E-state index in [0.29, 0.717) is 0 Å². The van der Waals surface area contributed by atoms with Gasteiger partial charge in [0.15, 0.2) is 0 Å². The summed E-state index contributed by atoms with van der Waals surface area (Å²) in [6.45, 7) is 13.7. The average molecular weight is 625 g/mol. The smallest absolute Gasteiger partial charge is 0.0449 e. The minimum atomic E-state index is 1.15. The zero-order valence-corrected chi connectivity index (χ0v) is 29.1. The molecule has 44 heavy (non-hydrogen) atoms. The molecule has 0 aliphatic rings. The highest BCUT2D eigenvalue weighted by atomic mass is 32.1. The van der Waals surface area contributed by atoms with Crippen LogP contribution in [-0.2, 0) is 0 Å². The molecule has 0 amide bonds. The van der Waals surface area contributed by atoms with Crippen LogP contribution in [0.5, 0.6) is 0 Å². The molecule has 0 atom stereocenters. The molecule has 2 heterocycles. The number of hydrogen-bond donors (Lipinski definition) is 0. The maximum absolute atomic E-state index is 2.55. The van der Waals surface area contributed by atoms with Crippen LogP contribution in [0, 0.1) is 0 Å². The van der Waals surface area contributed by atoms with Gasteiger partial charge in [0.1, 0.15) is 0 Å². The predicted molar refractivity (Wildman–Crippen MR) is 202 cm³/mol. The summed E-state index contributed by atoms with van der Waals surface area (Å²) in [5.41, 5.74) is 5.19. The van der Waals surface area contributed by atoms with Crippen LogP contribution in [0.4, 0.5) is 11.4 Å². The summed E-state index contributed by atoms with van der Waals surface area (Å²) >= 11 is 3.72. The summed E-state index contributed by atoms with van der Waals surface area (Å²) in [6, 6.07) is 27.2. The van der Waals surface area contributed by atoms with Gasteiger partial charge < -0.3 is 9.80 Å². The third kappa shape index (κ3) is 10.5. The first-order valence-corrected chi connectivity index (χ1v) is 18.5. The quantitative estimate of drug-likeness (QED) is 0.102. The number of benzene rings is 2. The highest BCUT2D eigenvalue weighted by Crippen LogP contribution is 2.35. The summed E-state index contributed by atoms with van der Waals surface area (Å²) in [6.07, 6.45) is 18.9. The third-order valence-corrected chi connectivity index (χ3v) is 10.3. The Morgan fingerprint density at radius 3 is 1.09 bits per heavy atom. The monoisotopic (exact) mass is 624 g/mol. The fourth-order valence-electron chi connectivity index (χ4n) is 5.23. The zero-order valence-electron chi connectivity index (χ0n) is 27.4. The van der Waals surface area contributed by atoms with Crippen molar-refractivity contribution in [2.45, 2.75) is 79.1 Å². The molecule has 2 aromatic heterocycles. The van der Waals surface area contributed by atoms with Gasteiger partial charge in [0, 0.05) is 57.1 Å². The minimum Gasteiger partial charge on any atom is -0.372 e. The van der Waals surface area contributed by atoms with Crippen LogP contribution < -0.4 is 9.80 Å². The first-order valence-electron chi connectivity index (χ1n) is 16.9. The molecule has 0 fully saturated rings. The molecule has 234 valence electrons. The molecule has 0 spiro atoms. The number of thiophene rings is 2. The lowest BCUT2D eigenvalue weighted by Gasteiger charge is -2.24. The van der Waals surface area contributed by atoms with Crippen LogP contribution in [0.15, 0.2) is 72.8 Å². The molecule has 2 aromatic carbocycles. The predicted octanol–water partition coefficient (Wildman–Crippen LogP) is 12.6. The van der Waals surface area contributed by atoms with Crippen LogP contribution >= 0.6 is 22.7 Å². The maximum Gasteiger partial charge on any atom is 0.0449 e. The van der Waals surface area contributed by atoms with Crippen LogP contribution in [-0.4, -0.2) is 26.2 Å². The van der Waals surface area contributed by atoms with E-state index in [0.717, 1.165) is 26.2 Å². The second-order valence-corrected chi connectivity index (χ2v) is 13.9. The van der Waals surface area contributed by atoms with Crippen molar-refractivity contribution in [3.63, 3.8) is 0 Å². The Kier molecular flexibility index (Phi) is 14.3. The van der Waals surface area contributed by atoms with E-state index in [1.807, 2.05) is 22.7 Å². The maximum atomic E-state index is 2.55. The largest absolute Gasteiger partial charge is 0.372 e. The Bertz CT molecular complexity index is 1280. The number of unbranched alkanes of at least 4 members (excludes halogenated alkanes) is 4. The molecule has 0 saturated carbocycles. The summed E-state index contributed by atoms with van der Waals surface area (Å²) in [7, 11) is 0. The second-order valence-electron chi connectivity index (χ2n) is 11.6. The standard InChI is InChI=1S/C40H52N2S2/c1-5-9-29-41(30-10-6-2)35-19-13-33(14-20-35)17-23-37-25-27-39(43-37)40-28-26-38(44-40)24-18-34-15-21-36(22-16-34)42(31-11-7-3)32-12-8-4/h13-28H,5-12,29-32H2,1-4H3/b23-17+,24-18+. The first kappa shape index (κ1) is 33.8. The van der Waals surface area contributed by atoms with Gasteiger partial charge in [0.25, 0.3) is 0 Å². The summed E-state index contributed by atoms with van der Waals surface area (Å²) in [5.74, 6) is 0. The van der Waals surface area contributed by atoms with Gasteiger partial charge in [-0.05, 0) is 97.5 Å². The normalized spacial score (nSPS) is 11.6. The van der Waals surface area contributed by atoms with Crippen molar-refractivity contribution < 1.29 is 0 Å². The Morgan fingerprint density at radius 2 is 0.773 bits per heavy atom. The van der Waals surface area contributed by atoms with E-state index in [1.54, 1.807) is 0 Å². The van der Waals surface area contributed by atoms with Crippen molar-refractivity contribution in [2.24, 2.45) is 0 Å². The molecular formula is C40H52N2S2. The minimum absolute atomic E-state index is 1.15. The van der Waals surface area contributed by atoms with Crippen LogP contribution in [0.2, 0.25) is 0 Å². The molecule has 4 aromatic rings. The fourth-order valence-corrected chi connectivity index (χ4v) is 7.15. The highest BCUT2D eigenvalue weighted by Gasteiger charge is 2.08. The number of rotatable bonds is 19. The van der Waals surface area contributed by atoms with Crippen LogP contribution in [0.3, 0.4) is 0 Å². The molecule has 0 N–H and O–H groups in total. The lowest BCUT2D eigenvalue weighted by atomic mass is 10.1. The lowest BCUT2D eigenvalue weighted by molar-refractivity contribution is 0.678. The average Bonchev–Trinajstić information content (AvgIpc) is 3.74. The molecule has 2 nitrogen and oxygen atoms in total. The summed E-state index contributed by atoms with van der Waals surface area (Å²) in [4.78, 5) is 10.3. The van der Waals surface area contributed by atoms with E-state index in [-0.39, 0.29) is 0 Å². The molecule has 0 unspecified atom stereocenters. The van der Waals surface area contributed by atoms with Gasteiger partial charge in [0.05, 0.1) is 0 Å². The van der Waals surface area contributed by atoms with Gasteiger partial charge in [0.2, 0.25) is 0 Å². The first-order chi connectivity index (χ1) is 21.6. The summed E-state index contributed by atoms with van der Waals surface area (Å²) in [5, 5.41) is 0. The van der Waals surface area contributed by atoms with Crippen molar-refractivity contribution in [1.29, 1.82) is 0 Å². The second kappa shape index (κ2) is 18.7. The zero-order chi connectivity index (χ0) is 31.0. The number of anilines is 2. The van der Waals surface area contributed by atoms with Crippen molar-refractivity contribution in [3.05, 3.63) is 93.7 Å². The Morgan fingerprint density at radius 1 is 0.432 bits per heavy atom. The van der Waals surface area contributed by atoms with Gasteiger partial charge in [-0.3, -0.25) is 0 Å². The van der Waals surface area contributed by atoms with E-state index in [9.17, 15) is 0 Å². The van der Waals surface area contributed by atoms with Gasteiger partial charge in [-0.2, -0.15) is 0 Å². The van der Waals surface area contributed by atoms with E-state index >= 15 is 0 Å². The van der Waals surface area contributed by atoms with E-state index in [4.69, 9.17) is 0 Å². The van der Waals surface area contributed by atoms with Gasteiger partial charge in [-0.25, -0.2) is 0 Å². The molecule has 0 saturated heterocycles. The SMILES string of the molecule is CCCCN(CCCC)c1ccc(/C=C/c2ccc(-c3ccc(/C=C/c4ccc(N(CCCC)CCCC)cc4)s3)s2)cc1. The van der Waals surface area contributed by atoms with Crippen LogP contribution in [0.25, 0.3) is 34.1 Å². The molecule has 0 aliphatic carbocycles. The van der Waals surface area contributed by atoms with Crippen LogP contribution in [0.1, 0.15) is 99.9 Å². The fraction of sp³-hybridized carbons (Fsp3) is 0.400. The topological polar surface area (TPSA) is 6.48 Å². The molecule has 0 radical (unpaired) electrons. The molecule has 4 rings (SSSR count). The van der Waals surface area contributed by atoms with E-state index in [1.165, 1.54) is 93.4 Å². The Hall–Kier alpha value is -3.08. The molecule has 0 bridgehead atoms. The van der Waals surface area contributed by atoms with Crippen molar-refractivity contribution >= 4 is 58.4 Å². The van der Waals surface area contributed by atoms with E-state index in [2.05, 4.69) is 135 Å². The lowest BCUT2D eigenvalue weighted by Crippen LogP contribution is -2.25. The van der Waals surface area contributed by atoms with Crippen molar-refractivity contribution in [2.75, 3.05) is 36.0 Å². The van der Waals surface area contributed by atoms with Crippen molar-refractivity contribution in [3.8, 4) is 9.75 Å². The Labute approximate surface area is 275 Å². The third-order valence-electron chi connectivity index (χ3n) is 8.02. The van der Waals surface area contributed by atoms with E-state index < -0.39 is 0 Å². The van der Waals surface area contributed by atoms with Crippen molar-refractivity contribution in [1.82, 2.24) is 0 Å². The highest BCUT2D eigenvalue weighted by molar-refractivity contribution is 7.23. The molecule has 0 aliphatic heterocycles. The molecule has 4 heteroatoms. The molecular weight excluding hydrogens is 573 g/mol. The van der Waals surface area contributed by atoms with Gasteiger partial charge >= 0.3 is 0 Å².